The number of thioether (sulfide) groups is 1. The van der Waals surface area contributed by atoms with E-state index in [1.54, 1.807) is 23.9 Å². The fraction of sp³-hybridized carbons (Fsp3) is 0.391. The zero-order valence-electron chi connectivity index (χ0n) is 18.5. The summed E-state index contributed by atoms with van der Waals surface area (Å²) in [5.41, 5.74) is 1.97. The molecular formula is C23H28ClN3O5S2. The Kier molecular flexibility index (Phi) is 10.1. The number of aromatic amines is 1. The molecule has 11 heteroatoms. The topological polar surface area (TPSA) is 126 Å². The number of aromatic hydroxyl groups is 1. The van der Waals surface area contributed by atoms with E-state index in [9.17, 15) is 24.9 Å². The molecule has 1 heterocycles. The monoisotopic (exact) mass is 525 g/mol. The number of carbonyl (C=O) groups is 1. The van der Waals surface area contributed by atoms with Crippen molar-refractivity contribution in [2.45, 2.75) is 18.9 Å². The Morgan fingerprint density at radius 2 is 2.06 bits per heavy atom. The van der Waals surface area contributed by atoms with Crippen molar-refractivity contribution in [2.75, 3.05) is 37.7 Å². The molecule has 0 aliphatic rings. The normalized spacial score (nSPS) is 12.2. The van der Waals surface area contributed by atoms with E-state index >= 15 is 0 Å². The number of rotatable bonds is 13. The molecule has 184 valence electrons. The van der Waals surface area contributed by atoms with E-state index in [2.05, 4.69) is 10.3 Å². The maximum absolute atomic E-state index is 11.6. The second-order valence-corrected chi connectivity index (χ2v) is 10.4. The summed E-state index contributed by atoms with van der Waals surface area (Å²) in [5, 5.41) is 33.6. The third-order valence-corrected chi connectivity index (χ3v) is 7.49. The molecule has 0 saturated carbocycles. The van der Waals surface area contributed by atoms with Gasteiger partial charge < -0.3 is 30.5 Å². The Morgan fingerprint density at radius 3 is 2.82 bits per heavy atom. The number of benzene rings is 2. The summed E-state index contributed by atoms with van der Waals surface area (Å²) in [6.45, 7) is 1.91. The summed E-state index contributed by atoms with van der Waals surface area (Å²) in [4.78, 5) is 26.8. The highest BCUT2D eigenvalue weighted by molar-refractivity contribution is 7.99. The van der Waals surface area contributed by atoms with Crippen molar-refractivity contribution in [3.05, 3.63) is 62.2 Å². The number of hydrogen-bond donors (Lipinski definition) is 5. The fourth-order valence-electron chi connectivity index (χ4n) is 3.51. The zero-order valence-corrected chi connectivity index (χ0v) is 20.9. The van der Waals surface area contributed by atoms with Crippen molar-refractivity contribution in [2.24, 2.45) is 0 Å². The second kappa shape index (κ2) is 13.0. The van der Waals surface area contributed by atoms with Crippen LogP contribution in [0.4, 0.5) is 4.79 Å². The fourth-order valence-corrected chi connectivity index (χ4v) is 5.47. The number of H-pyrrole nitrogens is 1. The molecule has 8 nitrogen and oxygen atoms in total. The predicted octanol–water partition coefficient (Wildman–Crippen LogP) is 3.92. The first-order chi connectivity index (χ1) is 16.3. The Hall–Kier alpha value is -2.24. The van der Waals surface area contributed by atoms with Crippen LogP contribution in [0.1, 0.15) is 23.7 Å². The highest BCUT2D eigenvalue weighted by Gasteiger charge is 2.16. The van der Waals surface area contributed by atoms with Gasteiger partial charge >= 0.3 is 11.0 Å². The highest BCUT2D eigenvalue weighted by Crippen LogP contribution is 2.31. The van der Waals surface area contributed by atoms with Gasteiger partial charge in [0, 0.05) is 42.5 Å². The molecule has 1 aromatic heterocycles. The van der Waals surface area contributed by atoms with E-state index < -0.39 is 12.2 Å². The van der Waals surface area contributed by atoms with Crippen LogP contribution in [0.2, 0.25) is 5.02 Å². The molecule has 2 aromatic carbocycles. The first kappa shape index (κ1) is 26.4. The van der Waals surface area contributed by atoms with Crippen molar-refractivity contribution >= 4 is 51.0 Å². The largest absolute Gasteiger partial charge is 0.506 e. The van der Waals surface area contributed by atoms with E-state index in [1.165, 1.54) is 11.0 Å². The smallest absolute Gasteiger partial charge is 0.407 e. The Balaban J connectivity index is 1.31. The van der Waals surface area contributed by atoms with Crippen molar-refractivity contribution in [3.63, 3.8) is 0 Å². The van der Waals surface area contributed by atoms with E-state index in [0.29, 0.717) is 53.4 Å². The van der Waals surface area contributed by atoms with Gasteiger partial charge in [0.25, 0.3) is 0 Å². The molecule has 34 heavy (non-hydrogen) atoms. The van der Waals surface area contributed by atoms with Gasteiger partial charge in [0.15, 0.2) is 0 Å². The number of phenols is 1. The number of amides is 1. The molecule has 5 N–H and O–H groups in total. The van der Waals surface area contributed by atoms with Gasteiger partial charge in [-0.05, 0) is 42.4 Å². The summed E-state index contributed by atoms with van der Waals surface area (Å²) < 4.78 is 0.562. The predicted molar refractivity (Wildman–Crippen MR) is 139 cm³/mol. The summed E-state index contributed by atoms with van der Waals surface area (Å²) in [6, 6.07) is 10.5. The lowest BCUT2D eigenvalue weighted by Gasteiger charge is -2.19. The van der Waals surface area contributed by atoms with E-state index in [1.807, 2.05) is 18.2 Å². The van der Waals surface area contributed by atoms with Gasteiger partial charge in [0.1, 0.15) is 11.3 Å². The molecular weight excluding hydrogens is 498 g/mol. The highest BCUT2D eigenvalue weighted by atomic mass is 35.5. The molecule has 0 unspecified atom stereocenters. The van der Waals surface area contributed by atoms with E-state index in [-0.39, 0.29) is 10.6 Å². The number of nitrogens with one attached hydrogen (secondary N) is 2. The summed E-state index contributed by atoms with van der Waals surface area (Å²) in [6.07, 6.45) is -0.340. The lowest BCUT2D eigenvalue weighted by Crippen LogP contribution is -2.32. The Bertz CT molecular complexity index is 1150. The number of aliphatic hydroxyl groups excluding tert-OH is 1. The number of carboxylic acid groups (broad SMARTS) is 1. The minimum Gasteiger partial charge on any atom is -0.506 e. The molecule has 0 spiro atoms. The minimum atomic E-state index is -0.918. The number of halogens is 1. The maximum Gasteiger partial charge on any atom is 0.407 e. The average Bonchev–Trinajstić information content (AvgIpc) is 3.19. The third kappa shape index (κ3) is 7.64. The third-order valence-electron chi connectivity index (χ3n) is 5.25. The summed E-state index contributed by atoms with van der Waals surface area (Å²) in [5.74, 6) is 1.64. The molecule has 0 bridgehead atoms. The molecule has 0 aliphatic heterocycles. The first-order valence-electron chi connectivity index (χ1n) is 10.9. The van der Waals surface area contributed by atoms with Gasteiger partial charge in [-0.15, -0.1) is 0 Å². The van der Waals surface area contributed by atoms with Crippen LogP contribution < -0.4 is 10.2 Å². The van der Waals surface area contributed by atoms with Crippen LogP contribution in [0.15, 0.2) is 41.2 Å². The van der Waals surface area contributed by atoms with Gasteiger partial charge in [-0.3, -0.25) is 4.79 Å². The van der Waals surface area contributed by atoms with E-state index in [0.717, 1.165) is 34.8 Å². The molecule has 3 aromatic rings. The Labute approximate surface area is 210 Å². The van der Waals surface area contributed by atoms with Crippen LogP contribution in [0.5, 0.6) is 5.75 Å². The van der Waals surface area contributed by atoms with Gasteiger partial charge in [0.2, 0.25) is 0 Å². The van der Waals surface area contributed by atoms with Crippen molar-refractivity contribution in [1.29, 1.82) is 0 Å². The lowest BCUT2D eigenvalue weighted by molar-refractivity contribution is 0.146. The number of thiazole rings is 1. The van der Waals surface area contributed by atoms with Gasteiger partial charge in [-0.25, -0.2) is 4.79 Å². The molecule has 1 atom stereocenters. The van der Waals surface area contributed by atoms with Crippen LogP contribution in [0.25, 0.3) is 10.2 Å². The van der Waals surface area contributed by atoms with Crippen LogP contribution in [0, 0.1) is 0 Å². The second-order valence-electron chi connectivity index (χ2n) is 7.73. The SMILES string of the molecule is O=C(O)N(CCCSCCNC[C@H](O)c1ccc(O)c2[nH]c(=O)sc12)CCc1cccc(Cl)c1. The maximum atomic E-state index is 11.6. The van der Waals surface area contributed by atoms with Crippen molar-refractivity contribution in [3.8, 4) is 5.75 Å². The first-order valence-corrected chi connectivity index (χ1v) is 13.2. The lowest BCUT2D eigenvalue weighted by atomic mass is 10.1. The van der Waals surface area contributed by atoms with Gasteiger partial charge in [0.05, 0.1) is 10.8 Å². The molecule has 1 amide bonds. The Morgan fingerprint density at radius 1 is 1.24 bits per heavy atom. The van der Waals surface area contributed by atoms with Crippen LogP contribution in [-0.4, -0.2) is 69.0 Å². The molecule has 0 aliphatic carbocycles. The van der Waals surface area contributed by atoms with Crippen LogP contribution in [-0.2, 0) is 6.42 Å². The number of nitrogens with zero attached hydrogens (tertiary/aromatic N) is 1. The number of phenolic OH excluding ortho intramolecular Hbond substituents is 1. The quantitative estimate of drug-likeness (QED) is 0.214. The minimum absolute atomic E-state index is 0.0143. The number of aromatic nitrogens is 1. The molecule has 0 saturated heterocycles. The molecule has 3 rings (SSSR count). The number of aliphatic hydroxyl groups is 1. The summed E-state index contributed by atoms with van der Waals surface area (Å²) in [7, 11) is 0. The average molecular weight is 526 g/mol. The van der Waals surface area contributed by atoms with Gasteiger partial charge in [-0.1, -0.05) is 41.1 Å². The van der Waals surface area contributed by atoms with Crippen molar-refractivity contribution in [1.82, 2.24) is 15.2 Å². The summed E-state index contributed by atoms with van der Waals surface area (Å²) >= 11 is 8.67. The molecule has 0 radical (unpaired) electrons. The van der Waals surface area contributed by atoms with Crippen LogP contribution in [0.3, 0.4) is 0 Å². The number of fused-ring (bicyclic) bond motifs is 1. The van der Waals surface area contributed by atoms with Crippen molar-refractivity contribution < 1.29 is 20.1 Å². The van der Waals surface area contributed by atoms with E-state index in [4.69, 9.17) is 11.6 Å². The van der Waals surface area contributed by atoms with Crippen LogP contribution >= 0.6 is 34.7 Å². The number of hydrogen-bond acceptors (Lipinski definition) is 7. The van der Waals surface area contributed by atoms with Gasteiger partial charge in [-0.2, -0.15) is 11.8 Å². The zero-order chi connectivity index (χ0) is 24.5. The molecule has 0 fully saturated rings. The standard InChI is InChI=1S/C23H28ClN3O5S2/c24-16-4-1-3-15(13-16)7-10-27(23(31)32)9-2-11-33-12-8-25-14-19(29)17-5-6-18(28)20-21(17)34-22(30)26-20/h1,3-6,13,19,25,28-29H,2,7-12,14H2,(H,26,30)(H,31,32)/t19-/m0/s1.